The summed E-state index contributed by atoms with van der Waals surface area (Å²) < 4.78 is 6.17. The summed E-state index contributed by atoms with van der Waals surface area (Å²) in [4.78, 5) is 24.6. The van der Waals surface area contributed by atoms with Gasteiger partial charge in [0.05, 0.1) is 6.04 Å². The van der Waals surface area contributed by atoms with E-state index in [9.17, 15) is 9.59 Å². The van der Waals surface area contributed by atoms with E-state index in [-0.39, 0.29) is 18.4 Å². The van der Waals surface area contributed by atoms with Crippen LogP contribution < -0.4 is 10.1 Å². The van der Waals surface area contributed by atoms with Crippen LogP contribution in [0.5, 0.6) is 11.5 Å². The highest BCUT2D eigenvalue weighted by Gasteiger charge is 2.18. The van der Waals surface area contributed by atoms with Crippen LogP contribution in [0.3, 0.4) is 0 Å². The smallest absolute Gasteiger partial charge is 0.303 e. The van der Waals surface area contributed by atoms with Crippen molar-refractivity contribution in [1.82, 2.24) is 5.32 Å². The van der Waals surface area contributed by atoms with E-state index in [2.05, 4.69) is 35.6 Å². The van der Waals surface area contributed by atoms with E-state index in [1.807, 2.05) is 49.4 Å². The second-order valence-electron chi connectivity index (χ2n) is 9.72. The molecular formula is C32H31NO4. The second-order valence-corrected chi connectivity index (χ2v) is 9.72. The topological polar surface area (TPSA) is 75.6 Å². The van der Waals surface area contributed by atoms with Gasteiger partial charge < -0.3 is 15.2 Å². The molecule has 5 nitrogen and oxygen atoms in total. The molecule has 1 aliphatic rings. The van der Waals surface area contributed by atoms with Gasteiger partial charge in [0.2, 0.25) is 0 Å². The molecule has 0 aliphatic heterocycles. The lowest BCUT2D eigenvalue weighted by Crippen LogP contribution is -2.27. The van der Waals surface area contributed by atoms with Gasteiger partial charge in [-0.25, -0.2) is 0 Å². The Morgan fingerprint density at radius 1 is 0.919 bits per heavy atom. The molecule has 0 bridgehead atoms. The number of nitrogens with one attached hydrogen (secondary N) is 1. The number of carboxylic acid groups (broad SMARTS) is 1. The molecule has 0 heterocycles. The maximum Gasteiger partial charge on any atom is 0.303 e. The van der Waals surface area contributed by atoms with E-state index in [4.69, 9.17) is 9.84 Å². The number of carbonyl (C=O) groups excluding carboxylic acids is 1. The summed E-state index contributed by atoms with van der Waals surface area (Å²) in [6.07, 6.45) is 4.36. The van der Waals surface area contributed by atoms with Crippen LogP contribution in [0, 0.1) is 0 Å². The van der Waals surface area contributed by atoms with E-state index in [1.54, 1.807) is 6.07 Å². The molecule has 0 spiro atoms. The van der Waals surface area contributed by atoms with Crippen LogP contribution in [0.4, 0.5) is 0 Å². The number of rotatable bonds is 9. The Kier molecular flexibility index (Phi) is 7.22. The summed E-state index contributed by atoms with van der Waals surface area (Å²) in [5.41, 5.74) is 5.07. The molecular weight excluding hydrogens is 462 g/mol. The first-order chi connectivity index (χ1) is 18.0. The Hall–Kier alpha value is -4.12. The molecule has 1 aliphatic carbocycles. The van der Waals surface area contributed by atoms with Crippen molar-refractivity contribution >= 4 is 22.6 Å². The number of ether oxygens (including phenoxy) is 1. The Labute approximate surface area is 217 Å². The number of hydrogen-bond acceptors (Lipinski definition) is 3. The van der Waals surface area contributed by atoms with Gasteiger partial charge in [0.1, 0.15) is 11.5 Å². The average Bonchev–Trinajstić information content (AvgIpc) is 3.37. The van der Waals surface area contributed by atoms with Crippen molar-refractivity contribution in [2.24, 2.45) is 0 Å². The third kappa shape index (κ3) is 5.67. The summed E-state index contributed by atoms with van der Waals surface area (Å²) in [6.45, 7) is 1.98. The SMILES string of the molecule is C[C@@H](NC(=O)c1cc(Oc2ccc3c(c2)CCC3)ccc1CCCC(=O)O)c1cccc2ccccc12. The molecule has 0 radical (unpaired) electrons. The van der Waals surface area contributed by atoms with Crippen molar-refractivity contribution in [3.05, 3.63) is 107 Å². The molecule has 5 heteroatoms. The number of carboxylic acids is 1. The number of aliphatic carboxylic acids is 1. The Morgan fingerprint density at radius 3 is 2.54 bits per heavy atom. The van der Waals surface area contributed by atoms with Crippen molar-refractivity contribution in [3.63, 3.8) is 0 Å². The van der Waals surface area contributed by atoms with Crippen LogP contribution >= 0.6 is 0 Å². The summed E-state index contributed by atoms with van der Waals surface area (Å²) in [5.74, 6) is 0.301. The number of amides is 1. The van der Waals surface area contributed by atoms with Crippen LogP contribution in [0.15, 0.2) is 78.9 Å². The molecule has 0 saturated heterocycles. The molecule has 4 aromatic rings. The van der Waals surface area contributed by atoms with Gasteiger partial charge in [-0.1, -0.05) is 54.6 Å². The molecule has 1 atom stereocenters. The first kappa shape index (κ1) is 24.6. The molecule has 1 amide bonds. The van der Waals surface area contributed by atoms with Gasteiger partial charge in [-0.3, -0.25) is 9.59 Å². The monoisotopic (exact) mass is 493 g/mol. The first-order valence-corrected chi connectivity index (χ1v) is 12.9. The lowest BCUT2D eigenvalue weighted by Gasteiger charge is -2.19. The van der Waals surface area contributed by atoms with Crippen molar-refractivity contribution in [2.45, 2.75) is 51.5 Å². The van der Waals surface area contributed by atoms with Gasteiger partial charge in [-0.15, -0.1) is 0 Å². The predicted molar refractivity (Wildman–Crippen MR) is 145 cm³/mol. The molecule has 188 valence electrons. The first-order valence-electron chi connectivity index (χ1n) is 12.9. The fourth-order valence-corrected chi connectivity index (χ4v) is 5.21. The van der Waals surface area contributed by atoms with E-state index in [0.717, 1.165) is 40.5 Å². The van der Waals surface area contributed by atoms with Gasteiger partial charge in [-0.2, -0.15) is 0 Å². The molecule has 2 N–H and O–H groups in total. The molecule has 0 saturated carbocycles. The number of benzene rings is 4. The maximum atomic E-state index is 13.6. The standard InChI is InChI=1S/C32H31NO4/c1-21(28-13-5-9-23-7-2-3-12-29(23)28)33-32(36)30-20-27(18-16-24(30)10-6-14-31(34)35)37-26-17-15-22-8-4-11-25(22)19-26/h2-3,5,7,9,12-13,15-21H,4,6,8,10-11,14H2,1H3,(H,33,36)(H,34,35)/t21-/m1/s1. The van der Waals surface area contributed by atoms with E-state index >= 15 is 0 Å². The van der Waals surface area contributed by atoms with Crippen LogP contribution in [0.1, 0.15) is 64.8 Å². The van der Waals surface area contributed by atoms with Crippen LogP contribution in [0.2, 0.25) is 0 Å². The Morgan fingerprint density at radius 2 is 1.68 bits per heavy atom. The van der Waals surface area contributed by atoms with E-state index in [0.29, 0.717) is 24.2 Å². The fourth-order valence-electron chi connectivity index (χ4n) is 5.21. The third-order valence-corrected chi connectivity index (χ3v) is 7.11. The Bertz CT molecular complexity index is 1450. The highest BCUT2D eigenvalue weighted by Crippen LogP contribution is 2.31. The zero-order valence-electron chi connectivity index (χ0n) is 21.0. The summed E-state index contributed by atoms with van der Waals surface area (Å²) >= 11 is 0. The highest BCUT2D eigenvalue weighted by molar-refractivity contribution is 5.97. The molecule has 0 fully saturated rings. The third-order valence-electron chi connectivity index (χ3n) is 7.11. The number of hydrogen-bond donors (Lipinski definition) is 2. The molecule has 0 aromatic heterocycles. The van der Waals surface area contributed by atoms with Gasteiger partial charge in [0.25, 0.3) is 5.91 Å². The van der Waals surface area contributed by atoms with Crippen LogP contribution in [0.25, 0.3) is 10.8 Å². The predicted octanol–water partition coefficient (Wildman–Crippen LogP) is 7.02. The highest BCUT2D eigenvalue weighted by atomic mass is 16.5. The number of aryl methyl sites for hydroxylation is 3. The van der Waals surface area contributed by atoms with Crippen molar-refractivity contribution < 1.29 is 19.4 Å². The average molecular weight is 494 g/mol. The zero-order chi connectivity index (χ0) is 25.8. The lowest BCUT2D eigenvalue weighted by atomic mass is 9.98. The quantitative estimate of drug-likeness (QED) is 0.263. The number of fused-ring (bicyclic) bond motifs is 2. The minimum Gasteiger partial charge on any atom is -0.481 e. The summed E-state index contributed by atoms with van der Waals surface area (Å²) in [6, 6.07) is 25.7. The largest absolute Gasteiger partial charge is 0.481 e. The summed E-state index contributed by atoms with van der Waals surface area (Å²) in [5, 5.41) is 14.5. The van der Waals surface area contributed by atoms with E-state index in [1.165, 1.54) is 17.5 Å². The van der Waals surface area contributed by atoms with Gasteiger partial charge in [0.15, 0.2) is 0 Å². The van der Waals surface area contributed by atoms with Crippen LogP contribution in [-0.2, 0) is 24.1 Å². The Balaban J connectivity index is 1.40. The van der Waals surface area contributed by atoms with E-state index < -0.39 is 5.97 Å². The van der Waals surface area contributed by atoms with Crippen molar-refractivity contribution in [1.29, 1.82) is 0 Å². The maximum absolute atomic E-state index is 13.6. The van der Waals surface area contributed by atoms with Gasteiger partial charge >= 0.3 is 5.97 Å². The molecule has 37 heavy (non-hydrogen) atoms. The van der Waals surface area contributed by atoms with Crippen molar-refractivity contribution in [3.8, 4) is 11.5 Å². The minimum atomic E-state index is -0.841. The second kappa shape index (κ2) is 10.9. The molecule has 4 aromatic carbocycles. The zero-order valence-corrected chi connectivity index (χ0v) is 21.0. The molecule has 0 unspecified atom stereocenters. The minimum absolute atomic E-state index is 0.0564. The summed E-state index contributed by atoms with van der Waals surface area (Å²) in [7, 11) is 0. The molecule has 5 rings (SSSR count). The van der Waals surface area contributed by atoms with Gasteiger partial charge in [-0.05, 0) is 96.3 Å². The van der Waals surface area contributed by atoms with Crippen LogP contribution in [-0.4, -0.2) is 17.0 Å². The number of carbonyl (C=O) groups is 2. The van der Waals surface area contributed by atoms with Gasteiger partial charge in [0, 0.05) is 12.0 Å². The normalized spacial score (nSPS) is 13.2. The lowest BCUT2D eigenvalue weighted by molar-refractivity contribution is -0.137. The fraction of sp³-hybridized carbons (Fsp3) is 0.250. The van der Waals surface area contributed by atoms with Crippen molar-refractivity contribution in [2.75, 3.05) is 0 Å².